The van der Waals surface area contributed by atoms with E-state index in [1.807, 2.05) is 0 Å². The van der Waals surface area contributed by atoms with E-state index in [2.05, 4.69) is 0 Å². The van der Waals surface area contributed by atoms with Crippen molar-refractivity contribution in [2.24, 2.45) is 0 Å². The molecule has 0 aromatic heterocycles. The zero-order valence-electron chi connectivity index (χ0n) is 28.4. The first-order valence-corrected chi connectivity index (χ1v) is 19.7. The van der Waals surface area contributed by atoms with Gasteiger partial charge in [-0.2, -0.15) is 176 Å². The van der Waals surface area contributed by atoms with Gasteiger partial charge < -0.3 is 0 Å². The normalized spacial score (nSPS) is 15.8. The SMILES string of the molecule is FC(F)(F)C(F)(F)P(CCP(C(F)(F)C(F)(F)F)C(F)(F)C(F)(F)F)C(F)(F)C(F)(F)F.FC(F)(F)C(F)(F)P(CCP(C(F)(F)C(F)(F)F)C(F)(F)C(F)(F)F)C(F)(F)C(F)(F)F.[Ir].[Ir]. The average Bonchev–Trinajstić information content (AvgIpc) is 2.96. The summed E-state index contributed by atoms with van der Waals surface area (Å²) < 4.78 is 507. The Morgan fingerprint density at radius 3 is 0.258 bits per heavy atom. The van der Waals surface area contributed by atoms with Crippen LogP contribution in [0.15, 0.2) is 0 Å². The third-order valence-corrected chi connectivity index (χ3v) is 17.4. The fourth-order valence-electron chi connectivity index (χ4n) is 3.45. The van der Waals surface area contributed by atoms with E-state index in [1.165, 1.54) is 0 Å². The number of hydrogen-bond acceptors (Lipinski definition) is 0. The smallest absolute Gasteiger partial charge is 0.191 e. The minimum atomic E-state index is -7.34. The van der Waals surface area contributed by atoms with Gasteiger partial charge in [0.15, 0.2) is 0 Å². The van der Waals surface area contributed by atoms with Crippen molar-refractivity contribution >= 4 is 31.7 Å². The van der Waals surface area contributed by atoms with Gasteiger partial charge in [-0.05, 0) is 24.6 Å². The van der Waals surface area contributed by atoms with Gasteiger partial charge in [0.05, 0.1) is 31.7 Å². The summed E-state index contributed by atoms with van der Waals surface area (Å²) in [4.78, 5) is 0. The first-order chi connectivity index (χ1) is 26.9. The van der Waals surface area contributed by atoms with E-state index in [4.69, 9.17) is 0 Å². The average molecular weight is 1520 g/mol. The van der Waals surface area contributed by atoms with Crippen LogP contribution < -0.4 is 0 Å². The van der Waals surface area contributed by atoms with Crippen LogP contribution in [0.4, 0.5) is 176 Å². The van der Waals surface area contributed by atoms with Crippen molar-refractivity contribution in [3.63, 3.8) is 0 Å². The number of halogens is 40. The Morgan fingerprint density at radius 1 is 0.152 bits per heavy atom. The molecular weight excluding hydrogens is 1510 g/mol. The van der Waals surface area contributed by atoms with Gasteiger partial charge >= 0.3 is 94.7 Å². The van der Waals surface area contributed by atoms with Crippen molar-refractivity contribution in [1.82, 2.24) is 0 Å². The quantitative estimate of drug-likeness (QED) is 0.120. The van der Waals surface area contributed by atoms with Crippen molar-refractivity contribution in [1.29, 1.82) is 0 Å². The molecule has 0 aliphatic carbocycles. The second kappa shape index (κ2) is 21.4. The largest absolute Gasteiger partial charge is 0.457 e. The molecule has 0 rings (SSSR count). The maximum absolute atomic E-state index is 13.2. The molecule has 46 heteroatoms. The van der Waals surface area contributed by atoms with Crippen molar-refractivity contribution in [2.75, 3.05) is 24.6 Å². The number of hydrogen-bond donors (Lipinski definition) is 0. The zero-order valence-corrected chi connectivity index (χ0v) is 36.8. The predicted octanol–water partition coefficient (Wildman–Crippen LogP) is 17.1. The molecule has 0 saturated heterocycles. The van der Waals surface area contributed by atoms with Crippen molar-refractivity contribution in [3.05, 3.63) is 0 Å². The van der Waals surface area contributed by atoms with Gasteiger partial charge in [-0.25, -0.2) is 0 Å². The predicted molar refractivity (Wildman–Crippen MR) is 135 cm³/mol. The minimum absolute atomic E-state index is 0. The van der Waals surface area contributed by atoms with Crippen LogP contribution in [0.5, 0.6) is 0 Å². The molecule has 406 valence electrons. The summed E-state index contributed by atoms with van der Waals surface area (Å²) in [5.74, 6) is 0. The molecule has 0 aliphatic heterocycles. The fraction of sp³-hybridized carbons (Fsp3) is 1.00. The molecule has 0 amide bonds. The fourth-order valence-corrected chi connectivity index (χ4v) is 12.8. The third kappa shape index (κ3) is 15.1. The molecule has 0 N–H and O–H groups in total. The van der Waals surface area contributed by atoms with Crippen molar-refractivity contribution < 1.29 is 216 Å². The van der Waals surface area contributed by atoms with Crippen LogP contribution in [0.3, 0.4) is 0 Å². The summed E-state index contributed by atoms with van der Waals surface area (Å²) in [6, 6.07) is 0. The molecule has 0 atom stereocenters. The first kappa shape index (κ1) is 72.8. The van der Waals surface area contributed by atoms with Crippen LogP contribution in [0.1, 0.15) is 0 Å². The number of rotatable bonds is 14. The van der Waals surface area contributed by atoms with Crippen LogP contribution in [0.25, 0.3) is 0 Å². The molecule has 0 heterocycles. The molecular formula is C20H8F40Ir2P4. The second-order valence-electron chi connectivity index (χ2n) is 10.9. The van der Waals surface area contributed by atoms with Crippen molar-refractivity contribution in [2.45, 2.75) is 94.7 Å². The molecule has 0 saturated carbocycles. The summed E-state index contributed by atoms with van der Waals surface area (Å²) in [6.07, 6.45) is -72.8. The molecule has 0 nitrogen and oxygen atoms in total. The first-order valence-electron chi connectivity index (χ1n) is 13.6. The third-order valence-electron chi connectivity index (χ3n) is 6.53. The van der Waals surface area contributed by atoms with E-state index < -0.39 is 151 Å². The molecule has 2 radical (unpaired) electrons. The Morgan fingerprint density at radius 2 is 0.212 bits per heavy atom. The van der Waals surface area contributed by atoms with Gasteiger partial charge in [0, 0.05) is 40.2 Å². The molecule has 66 heavy (non-hydrogen) atoms. The van der Waals surface area contributed by atoms with Crippen LogP contribution in [-0.2, 0) is 40.2 Å². The minimum Gasteiger partial charge on any atom is -0.191 e. The van der Waals surface area contributed by atoms with E-state index in [-0.39, 0.29) is 40.2 Å². The number of alkyl halides is 40. The van der Waals surface area contributed by atoms with Gasteiger partial charge in [0.1, 0.15) is 0 Å². The Balaban J connectivity index is -0.000000565. The van der Waals surface area contributed by atoms with Crippen LogP contribution in [-0.4, -0.2) is 119 Å². The maximum Gasteiger partial charge on any atom is 0.457 e. The van der Waals surface area contributed by atoms with E-state index >= 15 is 0 Å². The maximum atomic E-state index is 13.2. The van der Waals surface area contributed by atoms with E-state index in [0.29, 0.717) is 0 Å². The molecule has 0 aliphatic rings. The summed E-state index contributed by atoms with van der Waals surface area (Å²) in [7, 11) is -26.1. The zero-order chi connectivity index (χ0) is 53.1. The van der Waals surface area contributed by atoms with Gasteiger partial charge in [-0.15, -0.1) is 0 Å². The molecule has 0 unspecified atom stereocenters. The standard InChI is InChI=1S/2C10H4F20P2.2Ir/c2*11-3(12,13)7(23,24)31(8(25,26)4(14,15)16)1-2-32(9(27,28)5(17,18)19)10(29,30)6(20,21)22;;/h2*1-2H2;;. The van der Waals surface area contributed by atoms with E-state index in [0.717, 1.165) is 0 Å². The summed E-state index contributed by atoms with van der Waals surface area (Å²) >= 11 is 0. The summed E-state index contributed by atoms with van der Waals surface area (Å²) in [6.45, 7) is 0. The molecule has 0 aromatic rings. The Kier molecular flexibility index (Phi) is 23.5. The van der Waals surface area contributed by atoms with Crippen LogP contribution in [0.2, 0.25) is 0 Å². The van der Waals surface area contributed by atoms with Gasteiger partial charge in [-0.1, -0.05) is 0 Å². The summed E-state index contributed by atoms with van der Waals surface area (Å²) in [5, 5.41) is 0. The molecule has 0 bridgehead atoms. The summed E-state index contributed by atoms with van der Waals surface area (Å²) in [5.41, 5.74) is -57.6. The van der Waals surface area contributed by atoms with E-state index in [9.17, 15) is 176 Å². The molecule has 0 fully saturated rings. The Bertz CT molecular complexity index is 1180. The van der Waals surface area contributed by atoms with Gasteiger partial charge in [0.2, 0.25) is 0 Å². The Labute approximate surface area is 366 Å². The van der Waals surface area contributed by atoms with Crippen molar-refractivity contribution in [3.8, 4) is 0 Å². The van der Waals surface area contributed by atoms with E-state index in [1.54, 1.807) is 0 Å². The second-order valence-corrected chi connectivity index (χ2v) is 20.6. The topological polar surface area (TPSA) is 0 Å². The Hall–Kier alpha value is 0.219. The molecule has 0 aromatic carbocycles. The van der Waals surface area contributed by atoms with Gasteiger partial charge in [-0.3, -0.25) is 0 Å². The van der Waals surface area contributed by atoms with Crippen LogP contribution in [0, 0.1) is 0 Å². The van der Waals surface area contributed by atoms with Gasteiger partial charge in [0.25, 0.3) is 0 Å². The van der Waals surface area contributed by atoms with Crippen LogP contribution >= 0.6 is 31.7 Å². The molecule has 0 spiro atoms. The monoisotopic (exact) mass is 1520 g/mol.